The predicted molar refractivity (Wildman–Crippen MR) is 40.3 cm³/mol. The fraction of sp³-hybridized carbons (Fsp3) is 0.286. The lowest BCUT2D eigenvalue weighted by Crippen LogP contribution is -2.20. The molecule has 0 spiro atoms. The average molecular weight is 175 g/mol. The molecule has 0 aromatic rings. The number of halogens is 1. The van der Waals surface area contributed by atoms with Gasteiger partial charge >= 0.3 is 5.97 Å². The number of carboxylic acids is 1. The third kappa shape index (κ3) is 2.06. The van der Waals surface area contributed by atoms with Crippen molar-refractivity contribution in [3.63, 3.8) is 0 Å². The van der Waals surface area contributed by atoms with Crippen molar-refractivity contribution in [3.8, 4) is 0 Å². The molecule has 0 saturated heterocycles. The minimum Gasteiger partial charge on any atom is -0.478 e. The number of hydrogen-bond donors (Lipinski definition) is 2. The number of carboxylic acid groups (broad SMARTS) is 1. The summed E-state index contributed by atoms with van der Waals surface area (Å²) >= 11 is 5.48. The molecule has 1 atom stereocenters. The van der Waals surface area contributed by atoms with Crippen molar-refractivity contribution in [2.75, 3.05) is 0 Å². The lowest BCUT2D eigenvalue weighted by Gasteiger charge is -2.17. The van der Waals surface area contributed by atoms with Crippen LogP contribution in [0.3, 0.4) is 0 Å². The summed E-state index contributed by atoms with van der Waals surface area (Å²) in [5, 5.41) is 16.1. The molecule has 0 heterocycles. The summed E-state index contributed by atoms with van der Waals surface area (Å²) in [4.78, 5) is 10.4. The molecule has 1 aliphatic carbocycles. The van der Waals surface area contributed by atoms with Gasteiger partial charge in [-0.1, -0.05) is 23.8 Å². The van der Waals surface area contributed by atoms with Crippen LogP contribution in [0, 0.1) is 0 Å². The van der Waals surface area contributed by atoms with Crippen LogP contribution in [0.1, 0.15) is 6.42 Å². The van der Waals surface area contributed by atoms with Gasteiger partial charge in [0, 0.05) is 6.42 Å². The van der Waals surface area contributed by atoms with E-state index in [0.717, 1.165) is 6.08 Å². The van der Waals surface area contributed by atoms with Crippen molar-refractivity contribution in [1.82, 2.24) is 0 Å². The molecule has 11 heavy (non-hydrogen) atoms. The highest BCUT2D eigenvalue weighted by Crippen LogP contribution is 2.24. The number of alkyl halides is 1. The SMILES string of the molecule is O=C(O)C1=CC(O)(Cl)CC=C1. The van der Waals surface area contributed by atoms with Crippen molar-refractivity contribution in [2.24, 2.45) is 0 Å². The van der Waals surface area contributed by atoms with Gasteiger partial charge in [0.1, 0.15) is 0 Å². The first-order chi connectivity index (χ1) is 5.01. The van der Waals surface area contributed by atoms with E-state index in [1.165, 1.54) is 12.2 Å². The molecule has 0 bridgehead atoms. The summed E-state index contributed by atoms with van der Waals surface area (Å²) in [6.45, 7) is 0. The fourth-order valence-electron chi connectivity index (χ4n) is 0.830. The van der Waals surface area contributed by atoms with Gasteiger partial charge in [0.05, 0.1) is 5.57 Å². The van der Waals surface area contributed by atoms with E-state index in [4.69, 9.17) is 21.8 Å². The van der Waals surface area contributed by atoms with Crippen molar-refractivity contribution in [2.45, 2.75) is 11.5 Å². The minimum absolute atomic E-state index is 0.0220. The zero-order valence-corrected chi connectivity index (χ0v) is 6.38. The highest BCUT2D eigenvalue weighted by Gasteiger charge is 2.23. The molecule has 0 fully saturated rings. The van der Waals surface area contributed by atoms with Gasteiger partial charge in [-0.2, -0.15) is 0 Å². The van der Waals surface area contributed by atoms with Crippen molar-refractivity contribution < 1.29 is 15.0 Å². The van der Waals surface area contributed by atoms with E-state index >= 15 is 0 Å². The number of rotatable bonds is 1. The molecule has 0 aromatic heterocycles. The van der Waals surface area contributed by atoms with Gasteiger partial charge < -0.3 is 10.2 Å². The van der Waals surface area contributed by atoms with E-state index in [9.17, 15) is 4.79 Å². The Morgan fingerprint density at radius 1 is 1.73 bits per heavy atom. The van der Waals surface area contributed by atoms with Crippen LogP contribution < -0.4 is 0 Å². The van der Waals surface area contributed by atoms with Gasteiger partial charge in [0.25, 0.3) is 0 Å². The summed E-state index contributed by atoms with van der Waals surface area (Å²) < 4.78 is 0. The molecule has 2 N–H and O–H groups in total. The van der Waals surface area contributed by atoms with Crippen LogP contribution in [-0.2, 0) is 4.79 Å². The van der Waals surface area contributed by atoms with E-state index in [1.807, 2.05) is 0 Å². The monoisotopic (exact) mass is 174 g/mol. The molecule has 1 aliphatic rings. The Morgan fingerprint density at radius 2 is 2.36 bits per heavy atom. The highest BCUT2D eigenvalue weighted by atomic mass is 35.5. The van der Waals surface area contributed by atoms with E-state index in [1.54, 1.807) is 0 Å². The molecular weight excluding hydrogens is 168 g/mol. The van der Waals surface area contributed by atoms with E-state index < -0.39 is 11.0 Å². The summed E-state index contributed by atoms with van der Waals surface area (Å²) in [6, 6.07) is 0. The topological polar surface area (TPSA) is 57.5 Å². The molecule has 1 rings (SSSR count). The van der Waals surface area contributed by atoms with Crippen LogP contribution in [0.2, 0.25) is 0 Å². The van der Waals surface area contributed by atoms with Crippen molar-refractivity contribution in [1.29, 1.82) is 0 Å². The van der Waals surface area contributed by atoms with Crippen LogP contribution in [0.5, 0.6) is 0 Å². The first-order valence-electron chi connectivity index (χ1n) is 3.05. The minimum atomic E-state index is -1.53. The number of aliphatic hydroxyl groups is 1. The molecule has 0 saturated carbocycles. The van der Waals surface area contributed by atoms with Gasteiger partial charge in [-0.3, -0.25) is 0 Å². The summed E-state index contributed by atoms with van der Waals surface area (Å²) in [5.41, 5.74) is 0.0220. The molecule has 0 radical (unpaired) electrons. The third-order valence-corrected chi connectivity index (χ3v) is 1.59. The largest absolute Gasteiger partial charge is 0.478 e. The molecule has 0 aromatic carbocycles. The summed E-state index contributed by atoms with van der Waals surface area (Å²) in [5.74, 6) is -1.08. The number of carbonyl (C=O) groups is 1. The second kappa shape index (κ2) is 2.68. The molecule has 3 nitrogen and oxygen atoms in total. The fourth-order valence-corrected chi connectivity index (χ4v) is 1.04. The first-order valence-corrected chi connectivity index (χ1v) is 3.43. The Morgan fingerprint density at radius 3 is 2.73 bits per heavy atom. The molecule has 1 unspecified atom stereocenters. The summed E-state index contributed by atoms with van der Waals surface area (Å²) in [6.07, 6.45) is 4.30. The van der Waals surface area contributed by atoms with Crippen LogP contribution in [-0.4, -0.2) is 21.2 Å². The normalized spacial score (nSPS) is 29.8. The van der Waals surface area contributed by atoms with Gasteiger partial charge in [-0.05, 0) is 6.08 Å². The Labute approximate surface area is 68.6 Å². The Bertz CT molecular complexity index is 240. The molecule has 60 valence electrons. The molecule has 0 amide bonds. The van der Waals surface area contributed by atoms with E-state index in [-0.39, 0.29) is 12.0 Å². The smallest absolute Gasteiger partial charge is 0.335 e. The lowest BCUT2D eigenvalue weighted by molar-refractivity contribution is -0.132. The molecule has 4 heteroatoms. The maximum atomic E-state index is 10.4. The van der Waals surface area contributed by atoms with Gasteiger partial charge in [0.15, 0.2) is 5.06 Å². The van der Waals surface area contributed by atoms with Crippen molar-refractivity contribution >= 4 is 17.6 Å². The number of hydrogen-bond acceptors (Lipinski definition) is 2. The third-order valence-electron chi connectivity index (χ3n) is 1.33. The molecule has 0 aliphatic heterocycles. The maximum Gasteiger partial charge on any atom is 0.335 e. The van der Waals surface area contributed by atoms with Crippen LogP contribution in [0.25, 0.3) is 0 Å². The predicted octanol–water partition coefficient (Wildman–Crippen LogP) is 0.885. The van der Waals surface area contributed by atoms with Gasteiger partial charge in [0.2, 0.25) is 0 Å². The Balaban J connectivity index is 2.89. The second-order valence-corrected chi connectivity index (χ2v) is 2.98. The Hall–Kier alpha value is -0.800. The van der Waals surface area contributed by atoms with Gasteiger partial charge in [-0.15, -0.1) is 0 Å². The Kier molecular flexibility index (Phi) is 2.02. The lowest BCUT2D eigenvalue weighted by atomic mass is 10.0. The average Bonchev–Trinajstić information content (AvgIpc) is 1.85. The standard InChI is InChI=1S/C7H7ClO3/c8-7(11)3-1-2-5(4-7)6(9)10/h1-2,4,11H,3H2,(H,9,10). The van der Waals surface area contributed by atoms with Crippen LogP contribution in [0.15, 0.2) is 23.8 Å². The van der Waals surface area contributed by atoms with E-state index in [0.29, 0.717) is 0 Å². The summed E-state index contributed by atoms with van der Waals surface area (Å²) in [7, 11) is 0. The van der Waals surface area contributed by atoms with Crippen LogP contribution in [0.4, 0.5) is 0 Å². The number of aliphatic carboxylic acids is 1. The second-order valence-electron chi connectivity index (χ2n) is 2.33. The van der Waals surface area contributed by atoms with Gasteiger partial charge in [-0.25, -0.2) is 4.79 Å². The first kappa shape index (κ1) is 8.30. The van der Waals surface area contributed by atoms with E-state index in [2.05, 4.69) is 0 Å². The van der Waals surface area contributed by atoms with Crippen LogP contribution >= 0.6 is 11.6 Å². The quantitative estimate of drug-likeness (QED) is 0.581. The maximum absolute atomic E-state index is 10.4. The zero-order valence-electron chi connectivity index (χ0n) is 5.62. The molecular formula is C7H7ClO3. The van der Waals surface area contributed by atoms with Crippen molar-refractivity contribution in [3.05, 3.63) is 23.8 Å². The zero-order chi connectivity index (χ0) is 8.48. The highest BCUT2D eigenvalue weighted by molar-refractivity contribution is 6.24.